The van der Waals surface area contributed by atoms with Crippen molar-refractivity contribution in [2.45, 2.75) is 19.5 Å². The molecule has 1 aromatic rings. The molecule has 0 aliphatic carbocycles. The van der Waals surface area contributed by atoms with Gasteiger partial charge in [0, 0.05) is 12.2 Å². The molecule has 0 aromatic carbocycles. The van der Waals surface area contributed by atoms with Gasteiger partial charge in [-0.3, -0.25) is 4.79 Å². The van der Waals surface area contributed by atoms with Gasteiger partial charge in [-0.15, -0.1) is 0 Å². The monoisotopic (exact) mass is 183 g/mol. The second-order valence-electron chi connectivity index (χ2n) is 2.81. The van der Waals surface area contributed by atoms with Crippen LogP contribution in [0.1, 0.15) is 18.7 Å². The Labute approximate surface area is 76.5 Å². The highest BCUT2D eigenvalue weighted by molar-refractivity contribution is 5.69. The Balaban J connectivity index is 2.76. The van der Waals surface area contributed by atoms with Gasteiger partial charge in [-0.25, -0.2) is 4.98 Å². The number of aromatic nitrogens is 2. The van der Waals surface area contributed by atoms with Gasteiger partial charge in [0.2, 0.25) is 0 Å². The van der Waals surface area contributed by atoms with Crippen LogP contribution in [0.2, 0.25) is 0 Å². The highest BCUT2D eigenvalue weighted by atomic mass is 16.5. The van der Waals surface area contributed by atoms with Gasteiger partial charge in [-0.1, -0.05) is 0 Å². The van der Waals surface area contributed by atoms with Crippen LogP contribution in [0, 0.1) is 0 Å². The summed E-state index contributed by atoms with van der Waals surface area (Å²) in [5.74, 6) is -0.306. The maximum absolute atomic E-state index is 10.9. The van der Waals surface area contributed by atoms with Crippen molar-refractivity contribution in [3.8, 4) is 0 Å². The van der Waals surface area contributed by atoms with Gasteiger partial charge in [0.1, 0.15) is 6.54 Å². The molecule has 5 heteroatoms. The smallest absolute Gasteiger partial charge is 0.325 e. The molecular weight excluding hydrogens is 170 g/mol. The summed E-state index contributed by atoms with van der Waals surface area (Å²) in [7, 11) is 1.35. The number of imidazole rings is 1. The quantitative estimate of drug-likeness (QED) is 0.673. The molecule has 13 heavy (non-hydrogen) atoms. The highest BCUT2D eigenvalue weighted by Crippen LogP contribution is 2.08. The summed E-state index contributed by atoms with van der Waals surface area (Å²) in [5, 5.41) is 0. The first-order valence-corrected chi connectivity index (χ1v) is 3.97. The molecule has 1 unspecified atom stereocenters. The first-order valence-electron chi connectivity index (χ1n) is 3.97. The third kappa shape index (κ3) is 2.29. The summed E-state index contributed by atoms with van der Waals surface area (Å²) in [4.78, 5) is 14.8. The standard InChI is InChI=1S/C8H13N3O2/c1-6(9)7-3-10-5-11(7)4-8(12)13-2/h3,5-6H,4,9H2,1-2H3. The van der Waals surface area contributed by atoms with E-state index in [2.05, 4.69) is 9.72 Å². The molecule has 1 rings (SSSR count). The molecule has 0 amide bonds. The molecule has 1 atom stereocenters. The SMILES string of the molecule is COC(=O)Cn1cncc1C(C)N. The number of nitrogens with two attached hydrogens (primary N) is 1. The van der Waals surface area contributed by atoms with Crippen molar-refractivity contribution < 1.29 is 9.53 Å². The van der Waals surface area contributed by atoms with Crippen molar-refractivity contribution in [3.05, 3.63) is 18.2 Å². The second-order valence-corrected chi connectivity index (χ2v) is 2.81. The molecule has 0 bridgehead atoms. The molecule has 0 aliphatic rings. The number of hydrogen-bond acceptors (Lipinski definition) is 4. The predicted molar refractivity (Wildman–Crippen MR) is 46.8 cm³/mol. The van der Waals surface area contributed by atoms with Crippen LogP contribution < -0.4 is 5.73 Å². The van der Waals surface area contributed by atoms with Crippen LogP contribution in [0.25, 0.3) is 0 Å². The molecule has 0 aliphatic heterocycles. The number of nitrogens with zero attached hydrogens (tertiary/aromatic N) is 2. The number of hydrogen-bond donors (Lipinski definition) is 1. The predicted octanol–water partition coefficient (Wildman–Crippen LogP) is 0.0758. The lowest BCUT2D eigenvalue weighted by atomic mass is 10.3. The van der Waals surface area contributed by atoms with E-state index in [-0.39, 0.29) is 18.6 Å². The topological polar surface area (TPSA) is 70.1 Å². The van der Waals surface area contributed by atoms with E-state index < -0.39 is 0 Å². The average Bonchev–Trinajstić information content (AvgIpc) is 2.52. The van der Waals surface area contributed by atoms with Crippen LogP contribution in [-0.4, -0.2) is 22.6 Å². The number of carbonyl (C=O) groups excluding carboxylic acids is 1. The molecule has 72 valence electrons. The van der Waals surface area contributed by atoms with Crippen LogP contribution in [0.5, 0.6) is 0 Å². The van der Waals surface area contributed by atoms with Crippen molar-refractivity contribution in [3.63, 3.8) is 0 Å². The number of carbonyl (C=O) groups is 1. The molecule has 0 saturated heterocycles. The van der Waals surface area contributed by atoms with Crippen molar-refractivity contribution in [1.82, 2.24) is 9.55 Å². The van der Waals surface area contributed by atoms with E-state index in [0.29, 0.717) is 0 Å². The molecule has 0 saturated carbocycles. The van der Waals surface area contributed by atoms with Crippen molar-refractivity contribution >= 4 is 5.97 Å². The van der Waals surface area contributed by atoms with Gasteiger partial charge in [0.05, 0.1) is 19.1 Å². The normalized spacial score (nSPS) is 12.5. The summed E-state index contributed by atoms with van der Waals surface area (Å²) in [5.41, 5.74) is 6.49. The van der Waals surface area contributed by atoms with Crippen LogP contribution in [0.15, 0.2) is 12.5 Å². The minimum atomic E-state index is -0.306. The molecule has 0 spiro atoms. The molecule has 0 fully saturated rings. The molecule has 0 radical (unpaired) electrons. The third-order valence-electron chi connectivity index (χ3n) is 1.74. The van der Waals surface area contributed by atoms with Gasteiger partial charge in [-0.2, -0.15) is 0 Å². The molecule has 1 heterocycles. The van der Waals surface area contributed by atoms with E-state index in [0.717, 1.165) is 5.69 Å². The van der Waals surface area contributed by atoms with Crippen LogP contribution in [0.3, 0.4) is 0 Å². The van der Waals surface area contributed by atoms with Crippen molar-refractivity contribution in [2.24, 2.45) is 5.73 Å². The Morgan fingerprint density at radius 1 is 1.85 bits per heavy atom. The lowest BCUT2D eigenvalue weighted by Crippen LogP contribution is -2.17. The second kappa shape index (κ2) is 4.04. The number of ether oxygens (including phenoxy) is 1. The summed E-state index contributed by atoms with van der Waals surface area (Å²) in [6.45, 7) is 2.00. The fourth-order valence-electron chi connectivity index (χ4n) is 1.05. The van der Waals surface area contributed by atoms with Gasteiger partial charge in [0.25, 0.3) is 0 Å². The zero-order valence-corrected chi connectivity index (χ0v) is 7.73. The molecular formula is C8H13N3O2. The first kappa shape index (κ1) is 9.73. The molecule has 5 nitrogen and oxygen atoms in total. The largest absolute Gasteiger partial charge is 0.468 e. The van der Waals surface area contributed by atoms with Gasteiger partial charge >= 0.3 is 5.97 Å². The van der Waals surface area contributed by atoms with Crippen molar-refractivity contribution in [1.29, 1.82) is 0 Å². The lowest BCUT2D eigenvalue weighted by molar-refractivity contribution is -0.141. The van der Waals surface area contributed by atoms with E-state index in [9.17, 15) is 4.79 Å². The summed E-state index contributed by atoms with van der Waals surface area (Å²) in [6, 6.07) is -0.132. The maximum Gasteiger partial charge on any atom is 0.325 e. The van der Waals surface area contributed by atoms with E-state index >= 15 is 0 Å². The Morgan fingerprint density at radius 2 is 2.54 bits per heavy atom. The van der Waals surface area contributed by atoms with Crippen LogP contribution in [-0.2, 0) is 16.1 Å². The van der Waals surface area contributed by atoms with E-state index in [1.54, 1.807) is 17.1 Å². The fraction of sp³-hybridized carbons (Fsp3) is 0.500. The zero-order chi connectivity index (χ0) is 9.84. The third-order valence-corrected chi connectivity index (χ3v) is 1.74. The van der Waals surface area contributed by atoms with Crippen LogP contribution in [0.4, 0.5) is 0 Å². The minimum Gasteiger partial charge on any atom is -0.468 e. The number of methoxy groups -OCH3 is 1. The van der Waals surface area contributed by atoms with Gasteiger partial charge in [0.15, 0.2) is 0 Å². The minimum absolute atomic E-state index is 0.132. The average molecular weight is 183 g/mol. The van der Waals surface area contributed by atoms with E-state index in [1.165, 1.54) is 7.11 Å². The Hall–Kier alpha value is -1.36. The fourth-order valence-corrected chi connectivity index (χ4v) is 1.05. The summed E-state index contributed by atoms with van der Waals surface area (Å²) >= 11 is 0. The Morgan fingerprint density at radius 3 is 3.08 bits per heavy atom. The van der Waals surface area contributed by atoms with E-state index in [1.807, 2.05) is 6.92 Å². The zero-order valence-electron chi connectivity index (χ0n) is 7.73. The maximum atomic E-state index is 10.9. The van der Waals surface area contributed by atoms with Gasteiger partial charge < -0.3 is 15.0 Å². The van der Waals surface area contributed by atoms with Crippen molar-refractivity contribution in [2.75, 3.05) is 7.11 Å². The number of esters is 1. The summed E-state index contributed by atoms with van der Waals surface area (Å²) < 4.78 is 6.21. The summed E-state index contributed by atoms with van der Waals surface area (Å²) in [6.07, 6.45) is 3.21. The first-order chi connectivity index (χ1) is 6.15. The number of rotatable bonds is 3. The van der Waals surface area contributed by atoms with Gasteiger partial charge in [-0.05, 0) is 6.92 Å². The highest BCUT2D eigenvalue weighted by Gasteiger charge is 2.09. The molecule has 2 N–H and O–H groups in total. The Kier molecular flexibility index (Phi) is 3.02. The molecule has 1 aromatic heterocycles. The van der Waals surface area contributed by atoms with Crippen LogP contribution >= 0.6 is 0 Å². The lowest BCUT2D eigenvalue weighted by Gasteiger charge is -2.08. The van der Waals surface area contributed by atoms with E-state index in [4.69, 9.17) is 5.73 Å². The Bertz CT molecular complexity index is 293.